The van der Waals surface area contributed by atoms with Crippen molar-refractivity contribution < 1.29 is 14.0 Å². The largest absolute Gasteiger partial charge is 0.457 e. The van der Waals surface area contributed by atoms with Crippen LogP contribution >= 0.6 is 0 Å². The van der Waals surface area contributed by atoms with Crippen molar-refractivity contribution in [1.29, 1.82) is 0 Å². The number of para-hydroxylation sites is 1. The van der Waals surface area contributed by atoms with Gasteiger partial charge < -0.3 is 20.0 Å². The van der Waals surface area contributed by atoms with Gasteiger partial charge in [0.1, 0.15) is 11.5 Å². The molecule has 2 aliphatic heterocycles. The zero-order chi connectivity index (χ0) is 24.5. The van der Waals surface area contributed by atoms with E-state index < -0.39 is 0 Å². The molecule has 6 nitrogen and oxygen atoms in total. The summed E-state index contributed by atoms with van der Waals surface area (Å²) >= 11 is 0. The number of carbonyl (C=O) groups excluding carboxylic acids is 2. The van der Waals surface area contributed by atoms with E-state index in [4.69, 9.17) is 4.42 Å². The Bertz CT molecular complexity index is 1300. The van der Waals surface area contributed by atoms with E-state index in [1.54, 1.807) is 6.08 Å². The van der Waals surface area contributed by atoms with E-state index in [9.17, 15) is 9.59 Å². The predicted octanol–water partition coefficient (Wildman–Crippen LogP) is 5.29. The average Bonchev–Trinajstić information content (AvgIpc) is 3.58. The summed E-state index contributed by atoms with van der Waals surface area (Å²) in [6, 6.07) is 18.8. The van der Waals surface area contributed by atoms with Crippen molar-refractivity contribution in [2.75, 3.05) is 31.5 Å². The molecular formula is C30H31N3O3. The smallest absolute Gasteiger partial charge is 0.256 e. The molecule has 2 aromatic carbocycles. The van der Waals surface area contributed by atoms with Crippen LogP contribution in [0.2, 0.25) is 0 Å². The standard InChI is InChI=1S/C30H31N3O3/c34-29(31-15-17-33-16-14-23(19-33)20-4-3-5-20)22-10-8-21(9-11-22)28-13-12-24(36-28)18-26-25-6-1-2-7-27(25)32-30(26)35/h1-2,6-13,18,20,23H,3-5,14-17,19H2,(H,31,34)(H,32,35)/b26-18+. The molecule has 1 atom stereocenters. The summed E-state index contributed by atoms with van der Waals surface area (Å²) in [5.74, 6) is 2.93. The number of fused-ring (bicyclic) bond motifs is 1. The molecule has 6 rings (SSSR count). The number of nitrogens with zero attached hydrogens (tertiary/aromatic N) is 1. The number of likely N-dealkylation sites (tertiary alicyclic amines) is 1. The van der Waals surface area contributed by atoms with Gasteiger partial charge in [0.2, 0.25) is 0 Å². The SMILES string of the molecule is O=C1Nc2ccccc2/C1=C\c1ccc(-c2ccc(C(=O)NCCN3CCC(C4CCC4)C3)cc2)o1. The summed E-state index contributed by atoms with van der Waals surface area (Å²) in [6.45, 7) is 3.93. The van der Waals surface area contributed by atoms with Gasteiger partial charge in [0, 0.05) is 42.0 Å². The van der Waals surface area contributed by atoms with Crippen molar-refractivity contribution in [1.82, 2.24) is 10.2 Å². The third-order valence-corrected chi connectivity index (χ3v) is 7.89. The van der Waals surface area contributed by atoms with Gasteiger partial charge in [0.25, 0.3) is 11.8 Å². The van der Waals surface area contributed by atoms with Gasteiger partial charge in [-0.15, -0.1) is 0 Å². The van der Waals surface area contributed by atoms with Gasteiger partial charge in [0.15, 0.2) is 0 Å². The number of amides is 2. The second-order valence-corrected chi connectivity index (χ2v) is 10.1. The highest BCUT2D eigenvalue weighted by Gasteiger charge is 2.32. The maximum Gasteiger partial charge on any atom is 0.256 e. The van der Waals surface area contributed by atoms with Crippen LogP contribution in [-0.4, -0.2) is 42.9 Å². The number of hydrogen-bond acceptors (Lipinski definition) is 4. The molecule has 1 aromatic heterocycles. The monoisotopic (exact) mass is 481 g/mol. The lowest BCUT2D eigenvalue weighted by Crippen LogP contribution is -2.34. The fraction of sp³-hybridized carbons (Fsp3) is 0.333. The molecular weight excluding hydrogens is 450 g/mol. The van der Waals surface area contributed by atoms with Crippen LogP contribution < -0.4 is 10.6 Å². The van der Waals surface area contributed by atoms with Crippen LogP contribution in [0, 0.1) is 11.8 Å². The van der Waals surface area contributed by atoms with E-state index in [1.807, 2.05) is 60.7 Å². The molecule has 6 heteroatoms. The van der Waals surface area contributed by atoms with E-state index >= 15 is 0 Å². The molecule has 0 radical (unpaired) electrons. The van der Waals surface area contributed by atoms with Crippen molar-refractivity contribution in [3.63, 3.8) is 0 Å². The Balaban J connectivity index is 1.04. The van der Waals surface area contributed by atoms with Gasteiger partial charge in [-0.25, -0.2) is 0 Å². The molecule has 2 amide bonds. The number of carbonyl (C=O) groups is 2. The summed E-state index contributed by atoms with van der Waals surface area (Å²) in [4.78, 5) is 27.5. The van der Waals surface area contributed by atoms with Crippen LogP contribution in [0.3, 0.4) is 0 Å². The fourth-order valence-corrected chi connectivity index (χ4v) is 5.59. The van der Waals surface area contributed by atoms with Crippen LogP contribution in [0.4, 0.5) is 5.69 Å². The topological polar surface area (TPSA) is 74.6 Å². The van der Waals surface area contributed by atoms with Gasteiger partial charge in [0.05, 0.1) is 5.57 Å². The van der Waals surface area contributed by atoms with Crippen molar-refractivity contribution in [3.8, 4) is 11.3 Å². The molecule has 3 heterocycles. The summed E-state index contributed by atoms with van der Waals surface area (Å²) in [6.07, 6.45) is 7.30. The Kier molecular flexibility index (Phi) is 6.20. The molecule has 3 aliphatic rings. The first kappa shape index (κ1) is 22.8. The lowest BCUT2D eigenvalue weighted by molar-refractivity contribution is -0.110. The highest BCUT2D eigenvalue weighted by molar-refractivity contribution is 6.34. The Morgan fingerprint density at radius 3 is 2.67 bits per heavy atom. The summed E-state index contributed by atoms with van der Waals surface area (Å²) in [7, 11) is 0. The van der Waals surface area contributed by atoms with Gasteiger partial charge in [-0.3, -0.25) is 9.59 Å². The Morgan fingerprint density at radius 2 is 1.86 bits per heavy atom. The molecule has 1 saturated carbocycles. The summed E-state index contributed by atoms with van der Waals surface area (Å²) in [5.41, 5.74) is 3.80. The molecule has 1 aliphatic carbocycles. The van der Waals surface area contributed by atoms with Gasteiger partial charge in [-0.05, 0) is 61.2 Å². The number of hydrogen-bond donors (Lipinski definition) is 2. The molecule has 184 valence electrons. The number of furan rings is 1. The van der Waals surface area contributed by atoms with E-state index in [-0.39, 0.29) is 11.8 Å². The van der Waals surface area contributed by atoms with Crippen LogP contribution in [0.5, 0.6) is 0 Å². The summed E-state index contributed by atoms with van der Waals surface area (Å²) in [5, 5.41) is 5.94. The Hall–Kier alpha value is -3.64. The number of benzene rings is 2. The second-order valence-electron chi connectivity index (χ2n) is 10.1. The van der Waals surface area contributed by atoms with E-state index in [0.29, 0.717) is 29.2 Å². The van der Waals surface area contributed by atoms with Crippen LogP contribution in [0.15, 0.2) is 65.1 Å². The first-order chi connectivity index (χ1) is 17.6. The second kappa shape index (κ2) is 9.78. The maximum atomic E-state index is 12.6. The molecule has 0 spiro atoms. The van der Waals surface area contributed by atoms with Crippen LogP contribution in [-0.2, 0) is 4.79 Å². The van der Waals surface area contributed by atoms with E-state index in [2.05, 4.69) is 15.5 Å². The number of rotatable bonds is 7. The Labute approximate surface area is 211 Å². The normalized spacial score (nSPS) is 20.8. The third-order valence-electron chi connectivity index (χ3n) is 7.89. The molecule has 1 saturated heterocycles. The first-order valence-corrected chi connectivity index (χ1v) is 13.0. The van der Waals surface area contributed by atoms with Gasteiger partial charge in [-0.1, -0.05) is 49.6 Å². The molecule has 2 fully saturated rings. The molecule has 2 N–H and O–H groups in total. The Morgan fingerprint density at radius 1 is 1.03 bits per heavy atom. The lowest BCUT2D eigenvalue weighted by atomic mass is 9.75. The zero-order valence-corrected chi connectivity index (χ0v) is 20.3. The molecule has 0 bridgehead atoms. The average molecular weight is 482 g/mol. The predicted molar refractivity (Wildman–Crippen MR) is 141 cm³/mol. The zero-order valence-electron chi connectivity index (χ0n) is 20.3. The lowest BCUT2D eigenvalue weighted by Gasteiger charge is -2.31. The van der Waals surface area contributed by atoms with E-state index in [1.165, 1.54) is 32.2 Å². The molecule has 36 heavy (non-hydrogen) atoms. The van der Waals surface area contributed by atoms with Crippen molar-refractivity contribution in [3.05, 3.63) is 77.6 Å². The van der Waals surface area contributed by atoms with Crippen LogP contribution in [0.25, 0.3) is 23.0 Å². The molecule has 1 unspecified atom stereocenters. The number of anilines is 1. The van der Waals surface area contributed by atoms with Gasteiger partial charge in [-0.2, -0.15) is 0 Å². The fourth-order valence-electron chi connectivity index (χ4n) is 5.59. The minimum absolute atomic E-state index is 0.0490. The quantitative estimate of drug-likeness (QED) is 0.450. The van der Waals surface area contributed by atoms with Crippen molar-refractivity contribution in [2.45, 2.75) is 25.7 Å². The van der Waals surface area contributed by atoms with Gasteiger partial charge >= 0.3 is 0 Å². The first-order valence-electron chi connectivity index (χ1n) is 13.0. The van der Waals surface area contributed by atoms with E-state index in [0.717, 1.165) is 41.7 Å². The maximum absolute atomic E-state index is 12.6. The third kappa shape index (κ3) is 4.61. The minimum atomic E-state index is -0.132. The van der Waals surface area contributed by atoms with Crippen molar-refractivity contribution >= 4 is 29.2 Å². The molecule has 3 aromatic rings. The minimum Gasteiger partial charge on any atom is -0.457 e. The highest BCUT2D eigenvalue weighted by atomic mass is 16.3. The number of nitrogens with one attached hydrogen (secondary N) is 2. The summed E-state index contributed by atoms with van der Waals surface area (Å²) < 4.78 is 5.99. The van der Waals surface area contributed by atoms with Crippen molar-refractivity contribution in [2.24, 2.45) is 11.8 Å². The highest BCUT2D eigenvalue weighted by Crippen LogP contribution is 2.38. The van der Waals surface area contributed by atoms with Crippen LogP contribution in [0.1, 0.15) is 47.4 Å².